The molecule has 7 heteroatoms. The molecule has 35 heavy (non-hydrogen) atoms. The maximum absolute atomic E-state index is 6.18. The molecule has 0 fully saturated rings. The summed E-state index contributed by atoms with van der Waals surface area (Å²) >= 11 is 8.88. The highest BCUT2D eigenvalue weighted by Crippen LogP contribution is 2.30. The van der Waals surface area contributed by atoms with Crippen LogP contribution in [0.1, 0.15) is 5.56 Å². The van der Waals surface area contributed by atoms with Crippen molar-refractivity contribution >= 4 is 55.5 Å². The number of rotatable bonds is 5. The molecule has 2 N–H and O–H groups in total. The fourth-order valence-corrected chi connectivity index (χ4v) is 4.07. The van der Waals surface area contributed by atoms with Crippen molar-refractivity contribution in [2.75, 3.05) is 10.6 Å². The zero-order valence-corrected chi connectivity index (χ0v) is 21.2. The average molecular weight is 541 g/mol. The third kappa shape index (κ3) is 5.65. The van der Waals surface area contributed by atoms with Crippen molar-refractivity contribution in [2.45, 2.75) is 6.92 Å². The summed E-state index contributed by atoms with van der Waals surface area (Å²) in [6, 6.07) is 31.4. The van der Waals surface area contributed by atoms with E-state index in [9.17, 15) is 0 Å². The number of hydrogen-bond acceptors (Lipinski definition) is 4. The fraction of sp³-hybridized carbons (Fsp3) is 0.0357. The van der Waals surface area contributed by atoms with E-state index in [-0.39, 0.29) is 0 Å². The molecule has 1 heterocycles. The lowest BCUT2D eigenvalue weighted by molar-refractivity contribution is 0.468. The molecule has 0 saturated carbocycles. The molecule has 5 nitrogen and oxygen atoms in total. The van der Waals surface area contributed by atoms with Gasteiger partial charge in [-0.25, -0.2) is 4.98 Å². The molecule has 0 amide bonds. The second kappa shape index (κ2) is 10.2. The Morgan fingerprint density at radius 2 is 1.49 bits per heavy atom. The molecule has 1 aromatic heterocycles. The van der Waals surface area contributed by atoms with Gasteiger partial charge in [-0.1, -0.05) is 40.2 Å². The van der Waals surface area contributed by atoms with Gasteiger partial charge in [0.2, 0.25) is 5.88 Å². The third-order valence-corrected chi connectivity index (χ3v) is 6.01. The molecule has 5 rings (SSSR count). The Labute approximate surface area is 217 Å². The van der Waals surface area contributed by atoms with E-state index in [2.05, 4.69) is 26.6 Å². The molecule has 5 aromatic rings. The van der Waals surface area contributed by atoms with Crippen LogP contribution in [0.15, 0.2) is 102 Å². The van der Waals surface area contributed by atoms with Crippen LogP contribution in [-0.4, -0.2) is 15.1 Å². The van der Waals surface area contributed by atoms with E-state index in [1.165, 1.54) is 0 Å². The molecule has 0 unspecified atom stereocenters. The van der Waals surface area contributed by atoms with Crippen molar-refractivity contribution in [1.29, 1.82) is 0 Å². The van der Waals surface area contributed by atoms with E-state index in [0.29, 0.717) is 16.8 Å². The zero-order valence-electron chi connectivity index (χ0n) is 18.8. The van der Waals surface area contributed by atoms with E-state index >= 15 is 0 Å². The second-order valence-electron chi connectivity index (χ2n) is 7.95. The smallest absolute Gasteiger partial charge is 0.230 e. The molecule has 0 saturated heterocycles. The van der Waals surface area contributed by atoms with Crippen molar-refractivity contribution in [3.63, 3.8) is 0 Å². The number of nitrogens with zero attached hydrogens (tertiary/aromatic N) is 2. The highest BCUT2D eigenvalue weighted by atomic mass is 79.9. The van der Waals surface area contributed by atoms with Gasteiger partial charge in [-0.05, 0) is 97.5 Å². The van der Waals surface area contributed by atoms with Crippen LogP contribution in [0.4, 0.5) is 11.4 Å². The Morgan fingerprint density at radius 3 is 2.20 bits per heavy atom. The lowest BCUT2D eigenvalue weighted by Crippen LogP contribution is -2.18. The predicted octanol–water partition coefficient (Wildman–Crippen LogP) is 7.97. The summed E-state index contributed by atoms with van der Waals surface area (Å²) in [7, 11) is 0. The number of thiocarbonyl (C=S) groups is 1. The number of fused-ring (bicyclic) bond motifs is 1. The van der Waals surface area contributed by atoms with E-state index in [1.807, 2.05) is 104 Å². The van der Waals surface area contributed by atoms with E-state index < -0.39 is 0 Å². The molecule has 0 radical (unpaired) electrons. The highest BCUT2D eigenvalue weighted by Gasteiger charge is 2.12. The molecule has 0 spiro atoms. The van der Waals surface area contributed by atoms with Gasteiger partial charge in [0.05, 0.1) is 10.9 Å². The average Bonchev–Trinajstić information content (AvgIpc) is 2.86. The molecule has 0 atom stereocenters. The van der Waals surface area contributed by atoms with Gasteiger partial charge in [0.15, 0.2) is 10.9 Å². The summed E-state index contributed by atoms with van der Waals surface area (Å²) in [6.45, 7) is 2.03. The number of benzene rings is 4. The van der Waals surface area contributed by atoms with Crippen molar-refractivity contribution in [3.05, 3.63) is 107 Å². The Bertz CT molecular complexity index is 1500. The lowest BCUT2D eigenvalue weighted by atomic mass is 10.1. The first-order chi connectivity index (χ1) is 17.0. The zero-order chi connectivity index (χ0) is 24.2. The minimum Gasteiger partial charge on any atom is -0.438 e. The molecule has 4 aromatic carbocycles. The van der Waals surface area contributed by atoms with Gasteiger partial charge in [0, 0.05) is 21.4 Å². The minimum absolute atomic E-state index is 0.510. The standard InChI is InChI=1S/C28H21BrN4OS/c1-18-5-4-6-23(17-18)34-27-24-7-2-3-8-25(24)32-26(33-27)19-9-13-21(14-10-19)30-28(35)31-22-15-11-20(29)12-16-22/h2-17H,1H3,(H2,30,31,35). The number of nitrogens with one attached hydrogen (secondary N) is 2. The van der Waals surface area contributed by atoms with Crippen molar-refractivity contribution in [3.8, 4) is 23.0 Å². The van der Waals surface area contributed by atoms with E-state index in [1.54, 1.807) is 0 Å². The highest BCUT2D eigenvalue weighted by molar-refractivity contribution is 9.10. The lowest BCUT2D eigenvalue weighted by Gasteiger charge is -2.12. The first kappa shape index (κ1) is 23.0. The Balaban J connectivity index is 1.38. The molecule has 172 valence electrons. The van der Waals surface area contributed by atoms with Gasteiger partial charge in [0.1, 0.15) is 5.75 Å². The van der Waals surface area contributed by atoms with Crippen LogP contribution in [0.2, 0.25) is 0 Å². The van der Waals surface area contributed by atoms with Gasteiger partial charge in [0.25, 0.3) is 0 Å². The quantitative estimate of drug-likeness (QED) is 0.220. The van der Waals surface area contributed by atoms with Gasteiger partial charge in [-0.15, -0.1) is 0 Å². The summed E-state index contributed by atoms with van der Waals surface area (Å²) in [4.78, 5) is 9.52. The Kier molecular flexibility index (Phi) is 6.70. The number of aromatic nitrogens is 2. The summed E-state index contributed by atoms with van der Waals surface area (Å²) in [5, 5.41) is 7.75. The van der Waals surface area contributed by atoms with Crippen LogP contribution < -0.4 is 15.4 Å². The molecule has 0 aliphatic rings. The van der Waals surface area contributed by atoms with Crippen LogP contribution in [0.5, 0.6) is 11.6 Å². The van der Waals surface area contributed by atoms with Gasteiger partial charge < -0.3 is 15.4 Å². The summed E-state index contributed by atoms with van der Waals surface area (Å²) in [5.74, 6) is 1.86. The largest absolute Gasteiger partial charge is 0.438 e. The van der Waals surface area contributed by atoms with Crippen LogP contribution in [0.25, 0.3) is 22.3 Å². The molecular formula is C28H21BrN4OS. The number of aryl methyl sites for hydroxylation is 1. The first-order valence-corrected chi connectivity index (χ1v) is 12.2. The maximum Gasteiger partial charge on any atom is 0.230 e. The maximum atomic E-state index is 6.18. The van der Waals surface area contributed by atoms with Crippen LogP contribution in [0, 0.1) is 6.92 Å². The van der Waals surface area contributed by atoms with E-state index in [0.717, 1.165) is 43.6 Å². The van der Waals surface area contributed by atoms with Gasteiger partial charge in [-0.3, -0.25) is 0 Å². The number of para-hydroxylation sites is 1. The summed E-state index contributed by atoms with van der Waals surface area (Å²) in [6.07, 6.45) is 0. The number of halogens is 1. The van der Waals surface area contributed by atoms with Crippen LogP contribution in [-0.2, 0) is 0 Å². The topological polar surface area (TPSA) is 59.1 Å². The predicted molar refractivity (Wildman–Crippen MR) is 150 cm³/mol. The third-order valence-electron chi connectivity index (χ3n) is 5.28. The second-order valence-corrected chi connectivity index (χ2v) is 9.28. The summed E-state index contributed by atoms with van der Waals surface area (Å²) < 4.78 is 7.20. The number of hydrogen-bond donors (Lipinski definition) is 2. The van der Waals surface area contributed by atoms with Crippen molar-refractivity contribution in [2.24, 2.45) is 0 Å². The SMILES string of the molecule is Cc1cccc(Oc2nc(-c3ccc(NC(=S)Nc4ccc(Br)cc4)cc3)nc3ccccc23)c1. The molecule has 0 bridgehead atoms. The monoisotopic (exact) mass is 540 g/mol. The van der Waals surface area contributed by atoms with Crippen LogP contribution in [0.3, 0.4) is 0 Å². The normalized spacial score (nSPS) is 10.7. The van der Waals surface area contributed by atoms with Crippen LogP contribution >= 0.6 is 28.1 Å². The molecule has 0 aliphatic carbocycles. The van der Waals surface area contributed by atoms with Crippen molar-refractivity contribution < 1.29 is 4.74 Å². The van der Waals surface area contributed by atoms with Crippen molar-refractivity contribution in [1.82, 2.24) is 9.97 Å². The minimum atomic E-state index is 0.510. The molecule has 0 aliphatic heterocycles. The number of ether oxygens (including phenoxy) is 1. The van der Waals surface area contributed by atoms with Gasteiger partial charge >= 0.3 is 0 Å². The van der Waals surface area contributed by atoms with E-state index in [4.69, 9.17) is 26.9 Å². The first-order valence-electron chi connectivity index (χ1n) is 11.0. The Hall–Kier alpha value is -3.81. The Morgan fingerprint density at radius 1 is 0.800 bits per heavy atom. The molecular weight excluding hydrogens is 520 g/mol. The fourth-order valence-electron chi connectivity index (χ4n) is 3.57. The number of anilines is 2. The summed E-state index contributed by atoms with van der Waals surface area (Å²) in [5.41, 5.74) is 4.59. The van der Waals surface area contributed by atoms with Gasteiger partial charge in [-0.2, -0.15) is 4.98 Å².